The first-order valence-corrected chi connectivity index (χ1v) is 10.1. The van der Waals surface area contributed by atoms with E-state index in [1.165, 1.54) is 23.1 Å². The number of benzene rings is 2. The molecule has 0 spiro atoms. The van der Waals surface area contributed by atoms with E-state index in [2.05, 4.69) is 4.72 Å². The zero-order valence-electron chi connectivity index (χ0n) is 15.3. The SMILES string of the molecule is CC(c1ccc(F)cc1)N(C)C(=O)CCNS(=O)(=O)/C=C/c1ccccc1. The van der Waals surface area contributed by atoms with Gasteiger partial charge in [-0.15, -0.1) is 0 Å². The highest BCUT2D eigenvalue weighted by molar-refractivity contribution is 7.92. The van der Waals surface area contributed by atoms with Gasteiger partial charge < -0.3 is 4.90 Å². The van der Waals surface area contributed by atoms with Crippen molar-refractivity contribution in [1.82, 2.24) is 9.62 Å². The van der Waals surface area contributed by atoms with Crippen molar-refractivity contribution < 1.29 is 17.6 Å². The van der Waals surface area contributed by atoms with Crippen LogP contribution in [0.1, 0.15) is 30.5 Å². The van der Waals surface area contributed by atoms with Crippen molar-refractivity contribution in [2.75, 3.05) is 13.6 Å². The molecule has 0 aliphatic rings. The molecular formula is C20H23FN2O3S. The molecule has 144 valence electrons. The lowest BCUT2D eigenvalue weighted by atomic mass is 10.1. The monoisotopic (exact) mass is 390 g/mol. The maximum atomic E-state index is 13.0. The number of amides is 1. The largest absolute Gasteiger partial charge is 0.339 e. The molecule has 2 aromatic carbocycles. The van der Waals surface area contributed by atoms with Crippen LogP contribution in [0.25, 0.3) is 6.08 Å². The lowest BCUT2D eigenvalue weighted by Gasteiger charge is -2.25. The molecule has 0 saturated carbocycles. The third-order valence-corrected chi connectivity index (χ3v) is 5.31. The van der Waals surface area contributed by atoms with Crippen molar-refractivity contribution in [3.8, 4) is 0 Å². The Morgan fingerprint density at radius 1 is 1.15 bits per heavy atom. The molecule has 0 aliphatic heterocycles. The number of carbonyl (C=O) groups excluding carboxylic acids is 1. The van der Waals surface area contributed by atoms with Gasteiger partial charge in [0.15, 0.2) is 0 Å². The van der Waals surface area contributed by atoms with E-state index in [1.54, 1.807) is 31.3 Å². The molecule has 5 nitrogen and oxygen atoms in total. The van der Waals surface area contributed by atoms with Crippen LogP contribution in [0.5, 0.6) is 0 Å². The summed E-state index contributed by atoms with van der Waals surface area (Å²) in [5.74, 6) is -0.542. The van der Waals surface area contributed by atoms with Gasteiger partial charge in [-0.3, -0.25) is 4.79 Å². The third kappa shape index (κ3) is 6.62. The summed E-state index contributed by atoms with van der Waals surface area (Å²) in [6.45, 7) is 1.83. The molecule has 0 saturated heterocycles. The summed E-state index contributed by atoms with van der Waals surface area (Å²) in [4.78, 5) is 13.8. The van der Waals surface area contributed by atoms with Crippen LogP contribution in [0.4, 0.5) is 4.39 Å². The van der Waals surface area contributed by atoms with E-state index in [0.29, 0.717) is 0 Å². The molecule has 0 heterocycles. The Balaban J connectivity index is 1.85. The fraction of sp³-hybridized carbons (Fsp3) is 0.250. The van der Waals surface area contributed by atoms with Gasteiger partial charge in [0.05, 0.1) is 6.04 Å². The van der Waals surface area contributed by atoms with Crippen LogP contribution in [0, 0.1) is 5.82 Å². The van der Waals surface area contributed by atoms with E-state index in [4.69, 9.17) is 0 Å². The van der Waals surface area contributed by atoms with Gasteiger partial charge >= 0.3 is 0 Å². The second kappa shape index (κ2) is 9.43. The lowest BCUT2D eigenvalue weighted by molar-refractivity contribution is -0.131. The summed E-state index contributed by atoms with van der Waals surface area (Å²) in [6, 6.07) is 14.8. The van der Waals surface area contributed by atoms with E-state index < -0.39 is 10.0 Å². The standard InChI is InChI=1S/C20H23FN2O3S/c1-16(18-8-10-19(21)11-9-18)23(2)20(24)12-14-22-27(25,26)15-13-17-6-4-3-5-7-17/h3-11,13,15-16,22H,12,14H2,1-2H3/b15-13+. The minimum Gasteiger partial charge on any atom is -0.339 e. The molecule has 1 unspecified atom stereocenters. The van der Waals surface area contributed by atoms with Crippen LogP contribution in [0.3, 0.4) is 0 Å². The van der Waals surface area contributed by atoms with Crippen LogP contribution in [0.2, 0.25) is 0 Å². The molecule has 0 fully saturated rings. The van der Waals surface area contributed by atoms with Gasteiger partial charge in [0.25, 0.3) is 0 Å². The minimum absolute atomic E-state index is 0.000768. The Morgan fingerprint density at radius 3 is 2.41 bits per heavy atom. The van der Waals surface area contributed by atoms with E-state index in [-0.39, 0.29) is 30.7 Å². The van der Waals surface area contributed by atoms with Gasteiger partial charge in [0.2, 0.25) is 15.9 Å². The lowest BCUT2D eigenvalue weighted by Crippen LogP contribution is -2.33. The normalized spacial score (nSPS) is 12.9. The first-order valence-electron chi connectivity index (χ1n) is 8.52. The number of rotatable bonds is 8. The van der Waals surface area contributed by atoms with Crippen molar-refractivity contribution in [1.29, 1.82) is 0 Å². The Hall–Kier alpha value is -2.51. The third-order valence-electron chi connectivity index (χ3n) is 4.21. The summed E-state index contributed by atoms with van der Waals surface area (Å²) < 4.78 is 39.4. The van der Waals surface area contributed by atoms with E-state index in [0.717, 1.165) is 16.5 Å². The van der Waals surface area contributed by atoms with E-state index in [9.17, 15) is 17.6 Å². The van der Waals surface area contributed by atoms with Crippen LogP contribution in [-0.4, -0.2) is 32.8 Å². The van der Waals surface area contributed by atoms with Gasteiger partial charge in [-0.2, -0.15) is 0 Å². The first kappa shape index (κ1) is 20.8. The minimum atomic E-state index is -3.62. The average Bonchev–Trinajstić information content (AvgIpc) is 2.66. The molecule has 1 N–H and O–H groups in total. The molecule has 2 rings (SSSR count). The summed E-state index contributed by atoms with van der Waals surface area (Å²) in [5, 5.41) is 1.08. The molecule has 0 bridgehead atoms. The van der Waals surface area contributed by atoms with Crippen molar-refractivity contribution >= 4 is 22.0 Å². The molecule has 0 radical (unpaired) electrons. The molecule has 7 heteroatoms. The molecule has 2 aromatic rings. The number of halogens is 1. The highest BCUT2D eigenvalue weighted by Crippen LogP contribution is 2.19. The molecule has 1 atom stereocenters. The van der Waals surface area contributed by atoms with Gasteiger partial charge in [0.1, 0.15) is 5.82 Å². The zero-order chi connectivity index (χ0) is 19.9. The Kier molecular flexibility index (Phi) is 7.27. The maximum Gasteiger partial charge on any atom is 0.233 e. The zero-order valence-corrected chi connectivity index (χ0v) is 16.1. The van der Waals surface area contributed by atoms with Gasteiger partial charge in [-0.1, -0.05) is 42.5 Å². The highest BCUT2D eigenvalue weighted by Gasteiger charge is 2.17. The quantitative estimate of drug-likeness (QED) is 0.752. The highest BCUT2D eigenvalue weighted by atomic mass is 32.2. The van der Waals surface area contributed by atoms with Crippen LogP contribution < -0.4 is 4.72 Å². The van der Waals surface area contributed by atoms with Crippen molar-refractivity contribution in [3.05, 3.63) is 76.9 Å². The number of hydrogen-bond donors (Lipinski definition) is 1. The predicted octanol–water partition coefficient (Wildman–Crippen LogP) is 3.33. The molecular weight excluding hydrogens is 367 g/mol. The molecule has 1 amide bonds. The van der Waals surface area contributed by atoms with Crippen LogP contribution in [0.15, 0.2) is 60.0 Å². The van der Waals surface area contributed by atoms with Gasteiger partial charge in [-0.05, 0) is 36.3 Å². The number of nitrogens with one attached hydrogen (secondary N) is 1. The predicted molar refractivity (Wildman–Crippen MR) is 105 cm³/mol. The summed E-state index contributed by atoms with van der Waals surface area (Å²) in [7, 11) is -1.98. The van der Waals surface area contributed by atoms with Crippen molar-refractivity contribution in [2.24, 2.45) is 0 Å². The Labute approximate surface area is 159 Å². The molecule has 0 aromatic heterocycles. The fourth-order valence-electron chi connectivity index (χ4n) is 2.44. The van der Waals surface area contributed by atoms with E-state index in [1.807, 2.05) is 25.1 Å². The number of nitrogens with zero attached hydrogens (tertiary/aromatic N) is 1. The summed E-state index contributed by atoms with van der Waals surface area (Å²) in [5.41, 5.74) is 1.57. The molecule has 27 heavy (non-hydrogen) atoms. The average molecular weight is 390 g/mol. The van der Waals surface area contributed by atoms with Gasteiger partial charge in [0, 0.05) is 25.4 Å². The topological polar surface area (TPSA) is 66.5 Å². The van der Waals surface area contributed by atoms with Crippen LogP contribution >= 0.6 is 0 Å². The Bertz CT molecular complexity index is 881. The number of carbonyl (C=O) groups is 1. The van der Waals surface area contributed by atoms with Gasteiger partial charge in [-0.25, -0.2) is 17.5 Å². The second-order valence-electron chi connectivity index (χ2n) is 6.13. The molecule has 0 aliphatic carbocycles. The summed E-state index contributed by atoms with van der Waals surface area (Å²) in [6.07, 6.45) is 1.52. The van der Waals surface area contributed by atoms with Crippen LogP contribution in [-0.2, 0) is 14.8 Å². The maximum absolute atomic E-state index is 13.0. The number of hydrogen-bond acceptors (Lipinski definition) is 3. The smallest absolute Gasteiger partial charge is 0.233 e. The van der Waals surface area contributed by atoms with E-state index >= 15 is 0 Å². The second-order valence-corrected chi connectivity index (χ2v) is 7.79. The van der Waals surface area contributed by atoms with Crippen molar-refractivity contribution in [2.45, 2.75) is 19.4 Å². The Morgan fingerprint density at radius 2 is 1.78 bits per heavy atom. The fourth-order valence-corrected chi connectivity index (χ4v) is 3.26. The van der Waals surface area contributed by atoms with Crippen molar-refractivity contribution in [3.63, 3.8) is 0 Å². The first-order chi connectivity index (χ1) is 12.8. The number of sulfonamides is 1. The summed E-state index contributed by atoms with van der Waals surface area (Å²) >= 11 is 0.